The minimum Gasteiger partial charge on any atom is -0.494 e. The predicted molar refractivity (Wildman–Crippen MR) is 111 cm³/mol. The first-order valence-electron chi connectivity index (χ1n) is 10.0. The number of ether oxygens (including phenoxy) is 1. The Hall–Kier alpha value is -3.47. The molecule has 4 N–H and O–H groups in total. The topological polar surface area (TPSA) is 117 Å². The third kappa shape index (κ3) is 3.29. The Bertz CT molecular complexity index is 1300. The lowest BCUT2D eigenvalue weighted by Crippen LogP contribution is -2.28. The Kier molecular flexibility index (Phi) is 4.66. The molecular formula is C21H20F3N7O. The highest BCUT2D eigenvalue weighted by atomic mass is 19.4. The molecule has 1 atom stereocenters. The summed E-state index contributed by atoms with van der Waals surface area (Å²) >= 11 is 0. The Morgan fingerprint density at radius 3 is 2.56 bits per heavy atom. The van der Waals surface area contributed by atoms with Crippen LogP contribution in [0, 0.1) is 0 Å². The zero-order chi connectivity index (χ0) is 22.6. The first-order chi connectivity index (χ1) is 15.3. The van der Waals surface area contributed by atoms with Gasteiger partial charge in [0.15, 0.2) is 11.5 Å². The molecule has 1 aliphatic rings. The van der Waals surface area contributed by atoms with Crippen LogP contribution in [0.3, 0.4) is 0 Å². The van der Waals surface area contributed by atoms with Crippen molar-refractivity contribution in [1.82, 2.24) is 24.6 Å². The van der Waals surface area contributed by atoms with Gasteiger partial charge in [-0.3, -0.25) is 4.98 Å². The fourth-order valence-electron chi connectivity index (χ4n) is 4.08. The van der Waals surface area contributed by atoms with Crippen LogP contribution in [0.25, 0.3) is 16.6 Å². The van der Waals surface area contributed by atoms with Crippen molar-refractivity contribution in [3.63, 3.8) is 0 Å². The molecule has 0 bridgehead atoms. The van der Waals surface area contributed by atoms with Crippen LogP contribution in [-0.4, -0.2) is 37.9 Å². The van der Waals surface area contributed by atoms with Gasteiger partial charge in [-0.05, 0) is 36.6 Å². The highest BCUT2D eigenvalue weighted by Gasteiger charge is 2.39. The van der Waals surface area contributed by atoms with Gasteiger partial charge in [-0.25, -0.2) is 9.97 Å². The highest BCUT2D eigenvalue weighted by molar-refractivity contribution is 5.95. The number of methoxy groups -OCH3 is 1. The minimum absolute atomic E-state index is 0.0515. The van der Waals surface area contributed by atoms with Gasteiger partial charge in [0.1, 0.15) is 17.3 Å². The predicted octanol–water partition coefficient (Wildman–Crippen LogP) is 3.49. The summed E-state index contributed by atoms with van der Waals surface area (Å²) in [5, 5.41) is 5.33. The second-order valence-corrected chi connectivity index (χ2v) is 7.93. The number of rotatable bonds is 4. The Morgan fingerprint density at radius 1 is 1.12 bits per heavy atom. The second kappa shape index (κ2) is 7.30. The number of nitrogens with zero attached hydrogens (tertiary/aromatic N) is 5. The molecular weight excluding hydrogens is 423 g/mol. The second-order valence-electron chi connectivity index (χ2n) is 7.93. The number of hydrogen-bond acceptors (Lipinski definition) is 7. The molecule has 1 fully saturated rings. The van der Waals surface area contributed by atoms with Gasteiger partial charge < -0.3 is 16.2 Å². The van der Waals surface area contributed by atoms with Gasteiger partial charge in [0.05, 0.1) is 7.11 Å². The number of pyridine rings is 1. The highest BCUT2D eigenvalue weighted by Crippen LogP contribution is 2.46. The first kappa shape index (κ1) is 20.4. The molecule has 3 aromatic heterocycles. The van der Waals surface area contributed by atoms with E-state index in [0.29, 0.717) is 22.7 Å². The molecule has 5 rings (SSSR count). The lowest BCUT2D eigenvalue weighted by Gasteiger charge is -2.33. The first-order valence-corrected chi connectivity index (χ1v) is 10.0. The summed E-state index contributed by atoms with van der Waals surface area (Å²) in [6.45, 7) is 0. The number of para-hydroxylation sites is 1. The van der Waals surface area contributed by atoms with Gasteiger partial charge in [-0.2, -0.15) is 17.7 Å². The van der Waals surface area contributed by atoms with E-state index in [-0.39, 0.29) is 23.3 Å². The van der Waals surface area contributed by atoms with E-state index in [4.69, 9.17) is 21.2 Å². The van der Waals surface area contributed by atoms with Crippen LogP contribution >= 0.6 is 0 Å². The maximum Gasteiger partial charge on any atom is 0.407 e. The minimum atomic E-state index is -4.50. The molecule has 0 aliphatic heterocycles. The largest absolute Gasteiger partial charge is 0.494 e. The lowest BCUT2D eigenvalue weighted by atomic mass is 9.72. The summed E-state index contributed by atoms with van der Waals surface area (Å²) in [7, 11) is 1.57. The smallest absolute Gasteiger partial charge is 0.407 e. The van der Waals surface area contributed by atoms with Crippen molar-refractivity contribution < 1.29 is 17.9 Å². The number of fused-ring (bicyclic) bond motifs is 3. The number of aromatic nitrogens is 5. The van der Waals surface area contributed by atoms with Crippen LogP contribution in [0.15, 0.2) is 36.5 Å². The maximum absolute atomic E-state index is 12.8. The van der Waals surface area contributed by atoms with E-state index >= 15 is 0 Å². The molecule has 1 aromatic carbocycles. The van der Waals surface area contributed by atoms with Crippen molar-refractivity contribution in [1.29, 1.82) is 0 Å². The average molecular weight is 443 g/mol. The molecule has 32 heavy (non-hydrogen) atoms. The molecule has 11 heteroatoms. The van der Waals surface area contributed by atoms with Crippen LogP contribution in [-0.2, 0) is 0 Å². The SMILES string of the molecule is COc1cccc2c1nc(N)n1nc([C@H]3C[C@@H](c4ccc([C@@H](N)C(F)(F)F)cn4)C3)nc21. The van der Waals surface area contributed by atoms with Crippen LogP contribution in [0.2, 0.25) is 0 Å². The van der Waals surface area contributed by atoms with Crippen molar-refractivity contribution in [2.24, 2.45) is 5.73 Å². The van der Waals surface area contributed by atoms with E-state index in [1.807, 2.05) is 12.1 Å². The van der Waals surface area contributed by atoms with E-state index in [1.165, 1.54) is 16.8 Å². The van der Waals surface area contributed by atoms with Crippen molar-refractivity contribution in [3.8, 4) is 5.75 Å². The van der Waals surface area contributed by atoms with Gasteiger partial charge in [-0.15, -0.1) is 5.10 Å². The number of hydrogen-bond donors (Lipinski definition) is 2. The maximum atomic E-state index is 12.8. The normalized spacial score (nSPS) is 19.8. The third-order valence-electron chi connectivity index (χ3n) is 5.97. The number of halogens is 3. The Balaban J connectivity index is 1.37. The monoisotopic (exact) mass is 443 g/mol. The summed E-state index contributed by atoms with van der Waals surface area (Å²) in [6.07, 6.45) is -1.81. The number of nitrogens with two attached hydrogens (primary N) is 2. The average Bonchev–Trinajstić information content (AvgIpc) is 3.17. The van der Waals surface area contributed by atoms with Crippen molar-refractivity contribution >= 4 is 22.5 Å². The van der Waals surface area contributed by atoms with Crippen LogP contribution in [0.4, 0.5) is 19.1 Å². The zero-order valence-electron chi connectivity index (χ0n) is 17.0. The number of alkyl halides is 3. The van der Waals surface area contributed by atoms with E-state index in [9.17, 15) is 13.2 Å². The number of benzene rings is 1. The van der Waals surface area contributed by atoms with Crippen molar-refractivity contribution in [3.05, 3.63) is 53.6 Å². The molecule has 0 spiro atoms. The molecule has 4 aromatic rings. The molecule has 3 heterocycles. The van der Waals surface area contributed by atoms with E-state index in [2.05, 4.69) is 15.1 Å². The quantitative estimate of drug-likeness (QED) is 0.496. The van der Waals surface area contributed by atoms with E-state index < -0.39 is 12.2 Å². The molecule has 0 unspecified atom stereocenters. The fourth-order valence-corrected chi connectivity index (χ4v) is 4.08. The van der Waals surface area contributed by atoms with Gasteiger partial charge in [0, 0.05) is 29.1 Å². The number of anilines is 1. The molecule has 166 valence electrons. The van der Waals surface area contributed by atoms with E-state index in [1.54, 1.807) is 19.2 Å². The summed E-state index contributed by atoms with van der Waals surface area (Å²) in [4.78, 5) is 13.3. The molecule has 0 radical (unpaired) electrons. The van der Waals surface area contributed by atoms with E-state index in [0.717, 1.165) is 23.9 Å². The molecule has 1 aliphatic carbocycles. The van der Waals surface area contributed by atoms with Gasteiger partial charge in [-0.1, -0.05) is 12.1 Å². The fraction of sp³-hybridized carbons (Fsp3) is 0.333. The summed E-state index contributed by atoms with van der Waals surface area (Å²) < 4.78 is 45.2. The van der Waals surface area contributed by atoms with Gasteiger partial charge >= 0.3 is 6.18 Å². The lowest BCUT2D eigenvalue weighted by molar-refractivity contribution is -0.149. The Labute approximate surface area is 180 Å². The summed E-state index contributed by atoms with van der Waals surface area (Å²) in [6, 6.07) is 6.52. The molecule has 8 nitrogen and oxygen atoms in total. The summed E-state index contributed by atoms with van der Waals surface area (Å²) in [5.74, 6) is 1.68. The molecule has 1 saturated carbocycles. The van der Waals surface area contributed by atoms with Crippen LogP contribution < -0.4 is 16.2 Å². The van der Waals surface area contributed by atoms with Crippen molar-refractivity contribution in [2.75, 3.05) is 12.8 Å². The standard InChI is InChI=1S/C21H20F3N7O/c1-32-15-4-2-3-13-16(15)28-20(26)31-19(13)29-18(30-31)12-7-11(8-12)14-6-5-10(9-27-14)17(25)21(22,23)24/h2-6,9,11-12,17H,7-8,25H2,1H3,(H2,26,28)/t11-,12+,17-/m1/s1. The van der Waals surface area contributed by atoms with Crippen LogP contribution in [0.5, 0.6) is 5.75 Å². The Morgan fingerprint density at radius 2 is 1.91 bits per heavy atom. The number of nitrogen functional groups attached to an aromatic ring is 1. The van der Waals surface area contributed by atoms with Crippen molar-refractivity contribution in [2.45, 2.75) is 36.9 Å². The van der Waals surface area contributed by atoms with Gasteiger partial charge in [0.2, 0.25) is 5.95 Å². The summed E-state index contributed by atoms with van der Waals surface area (Å²) in [5.41, 5.74) is 13.2. The molecule has 0 amide bonds. The zero-order valence-corrected chi connectivity index (χ0v) is 17.0. The third-order valence-corrected chi connectivity index (χ3v) is 5.97. The molecule has 0 saturated heterocycles. The van der Waals surface area contributed by atoms with Crippen LogP contribution in [0.1, 0.15) is 47.8 Å². The van der Waals surface area contributed by atoms with Gasteiger partial charge in [0.25, 0.3) is 0 Å².